The van der Waals surface area contributed by atoms with E-state index in [0.717, 1.165) is 0 Å². The lowest BCUT2D eigenvalue weighted by atomic mass is 10.0. The minimum Gasteiger partial charge on any atom is -0.482 e. The van der Waals surface area contributed by atoms with Crippen LogP contribution in [0.2, 0.25) is 0 Å². The van der Waals surface area contributed by atoms with Gasteiger partial charge in [0.15, 0.2) is 18.1 Å². The molecule has 0 heterocycles. The average molecular weight is 457 g/mol. The number of carbonyl (C=O) groups is 4. The van der Waals surface area contributed by atoms with Gasteiger partial charge < -0.3 is 25.1 Å². The molecule has 11 nitrogen and oxygen atoms in total. The summed E-state index contributed by atoms with van der Waals surface area (Å²) < 4.78 is 9.80. The monoisotopic (exact) mass is 457 g/mol. The molecule has 0 spiro atoms. The van der Waals surface area contributed by atoms with Crippen molar-refractivity contribution in [2.24, 2.45) is 10.9 Å². The molecule has 2 rings (SSSR count). The fraction of sp³-hybridized carbons (Fsp3) is 0.227. The van der Waals surface area contributed by atoms with Crippen LogP contribution in [0.25, 0.3) is 0 Å². The van der Waals surface area contributed by atoms with E-state index in [0.29, 0.717) is 11.3 Å². The zero-order valence-corrected chi connectivity index (χ0v) is 17.8. The lowest BCUT2D eigenvalue weighted by molar-refractivity contribution is -0.140. The van der Waals surface area contributed by atoms with Gasteiger partial charge in [-0.1, -0.05) is 17.3 Å². The number of aliphatic carboxylic acids is 1. The number of ketones is 1. The van der Waals surface area contributed by atoms with Gasteiger partial charge in [-0.15, -0.1) is 0 Å². The molecule has 11 heteroatoms. The summed E-state index contributed by atoms with van der Waals surface area (Å²) in [5.41, 5.74) is 5.72. The highest BCUT2D eigenvalue weighted by atomic mass is 16.6. The molecule has 1 amide bonds. The maximum absolute atomic E-state index is 12.6. The largest absolute Gasteiger partial charge is 0.482 e. The molecule has 2 aromatic rings. The smallest absolute Gasteiger partial charge is 0.362 e. The Balaban J connectivity index is 2.01. The lowest BCUT2D eigenvalue weighted by Gasteiger charge is -2.14. The first kappa shape index (κ1) is 25.0. The predicted octanol–water partition coefficient (Wildman–Crippen LogP) is 1.18. The zero-order chi connectivity index (χ0) is 24.5. The lowest BCUT2D eigenvalue weighted by Crippen LogP contribution is -2.38. The highest BCUT2D eigenvalue weighted by molar-refractivity contribution is 6.43. The van der Waals surface area contributed by atoms with E-state index in [-0.39, 0.29) is 22.6 Å². The van der Waals surface area contributed by atoms with Gasteiger partial charge >= 0.3 is 11.9 Å². The van der Waals surface area contributed by atoms with Crippen LogP contribution in [0.3, 0.4) is 0 Å². The summed E-state index contributed by atoms with van der Waals surface area (Å²) in [6.45, 7) is 2.45. The molecule has 0 aliphatic carbocycles. The fourth-order valence-corrected chi connectivity index (χ4v) is 2.68. The number of ether oxygens (including phenoxy) is 2. The molecule has 33 heavy (non-hydrogen) atoms. The van der Waals surface area contributed by atoms with Crippen molar-refractivity contribution in [1.82, 2.24) is 5.32 Å². The number of carbonyl (C=O) groups excluding carboxylic acids is 3. The Morgan fingerprint density at radius 1 is 0.970 bits per heavy atom. The average Bonchev–Trinajstić information content (AvgIpc) is 2.78. The quantitative estimate of drug-likeness (QED) is 0.102. The van der Waals surface area contributed by atoms with Crippen LogP contribution >= 0.6 is 0 Å². The number of oxime groups is 1. The van der Waals surface area contributed by atoms with E-state index in [9.17, 15) is 19.2 Å². The Labute approximate surface area is 188 Å². The van der Waals surface area contributed by atoms with Crippen molar-refractivity contribution in [2.45, 2.75) is 26.1 Å². The third-order valence-electron chi connectivity index (χ3n) is 4.25. The van der Waals surface area contributed by atoms with E-state index in [1.807, 2.05) is 0 Å². The van der Waals surface area contributed by atoms with E-state index in [2.05, 4.69) is 10.5 Å². The van der Waals surface area contributed by atoms with Gasteiger partial charge in [0.05, 0.1) is 6.04 Å². The second-order valence-electron chi connectivity index (χ2n) is 6.90. The zero-order valence-electron chi connectivity index (χ0n) is 17.8. The Kier molecular flexibility index (Phi) is 8.64. The topological polar surface area (TPSA) is 178 Å². The number of nitrogens with one attached hydrogen (secondary N) is 1. The van der Waals surface area contributed by atoms with Gasteiger partial charge in [0.1, 0.15) is 12.0 Å². The van der Waals surface area contributed by atoms with Crippen LogP contribution in [0.15, 0.2) is 53.7 Å². The first-order valence-electron chi connectivity index (χ1n) is 9.71. The van der Waals surface area contributed by atoms with Crippen LogP contribution in [0.1, 0.15) is 40.1 Å². The number of rotatable bonds is 10. The van der Waals surface area contributed by atoms with E-state index in [1.54, 1.807) is 0 Å². The number of hydrogen-bond donors (Lipinski definition) is 4. The van der Waals surface area contributed by atoms with Gasteiger partial charge in [-0.05, 0) is 50.2 Å². The molecule has 0 fully saturated rings. The Morgan fingerprint density at radius 3 is 2.03 bits per heavy atom. The SMILES string of the molecule is CC(N)OC(=O)/C(=N\O)c1ccc(C(=O)NC(C)C(=O)c2ccc(OCC(=O)O)cc2)cc1. The molecule has 0 aliphatic heterocycles. The summed E-state index contributed by atoms with van der Waals surface area (Å²) >= 11 is 0. The first-order valence-corrected chi connectivity index (χ1v) is 9.71. The third kappa shape index (κ3) is 7.14. The third-order valence-corrected chi connectivity index (χ3v) is 4.25. The minimum atomic E-state index is -1.12. The van der Waals surface area contributed by atoms with Crippen molar-refractivity contribution in [2.75, 3.05) is 6.61 Å². The standard InChI is InChI=1S/C22H23N3O8/c1-12(20(28)15-7-9-17(10-8-15)32-11-18(26)27)24-21(29)16-5-3-14(4-6-16)19(25-31)22(30)33-13(2)23/h3-10,12-13,31H,11,23H2,1-2H3,(H,24,29)(H,26,27)/b25-19-. The molecule has 5 N–H and O–H groups in total. The minimum absolute atomic E-state index is 0.202. The van der Waals surface area contributed by atoms with Gasteiger partial charge in [0.2, 0.25) is 0 Å². The number of carboxylic acid groups (broad SMARTS) is 1. The highest BCUT2D eigenvalue weighted by Gasteiger charge is 2.21. The molecular weight excluding hydrogens is 434 g/mol. The van der Waals surface area contributed by atoms with Crippen molar-refractivity contribution in [3.63, 3.8) is 0 Å². The van der Waals surface area contributed by atoms with Crippen LogP contribution in [-0.4, -0.2) is 58.5 Å². The predicted molar refractivity (Wildman–Crippen MR) is 115 cm³/mol. The van der Waals surface area contributed by atoms with Crippen LogP contribution < -0.4 is 15.8 Å². The number of nitrogens with two attached hydrogens (primary N) is 1. The maximum atomic E-state index is 12.6. The maximum Gasteiger partial charge on any atom is 0.362 e. The molecule has 2 atom stereocenters. The van der Waals surface area contributed by atoms with Gasteiger partial charge in [-0.3, -0.25) is 15.3 Å². The van der Waals surface area contributed by atoms with Gasteiger partial charge in [-0.2, -0.15) is 0 Å². The number of Topliss-reactive ketones (excluding diaryl/α,β-unsaturated/α-hetero) is 1. The summed E-state index contributed by atoms with van der Waals surface area (Å²) in [5.74, 6) is -2.66. The van der Waals surface area contributed by atoms with Crippen LogP contribution in [-0.2, 0) is 14.3 Å². The fourth-order valence-electron chi connectivity index (χ4n) is 2.68. The van der Waals surface area contributed by atoms with Crippen LogP contribution in [0.5, 0.6) is 5.75 Å². The molecule has 174 valence electrons. The van der Waals surface area contributed by atoms with Crippen LogP contribution in [0, 0.1) is 0 Å². The Hall–Kier alpha value is -4.25. The van der Waals surface area contributed by atoms with E-state index < -0.39 is 36.7 Å². The summed E-state index contributed by atoms with van der Waals surface area (Å²) in [6.07, 6.45) is -0.896. The summed E-state index contributed by atoms with van der Waals surface area (Å²) in [6, 6.07) is 10.5. The molecule has 0 saturated carbocycles. The molecular formula is C22H23N3O8. The second-order valence-corrected chi connectivity index (χ2v) is 6.90. The molecule has 0 saturated heterocycles. The van der Waals surface area contributed by atoms with Crippen molar-refractivity contribution < 1.29 is 39.0 Å². The van der Waals surface area contributed by atoms with Crippen molar-refractivity contribution in [3.05, 3.63) is 65.2 Å². The van der Waals surface area contributed by atoms with Crippen molar-refractivity contribution in [3.8, 4) is 5.75 Å². The van der Waals surface area contributed by atoms with E-state index in [4.69, 9.17) is 25.5 Å². The summed E-state index contributed by atoms with van der Waals surface area (Å²) in [7, 11) is 0. The Morgan fingerprint density at radius 2 is 1.52 bits per heavy atom. The molecule has 2 unspecified atom stereocenters. The Bertz CT molecular complexity index is 1050. The first-order chi connectivity index (χ1) is 15.6. The van der Waals surface area contributed by atoms with Gasteiger partial charge in [0, 0.05) is 16.7 Å². The summed E-state index contributed by atoms with van der Waals surface area (Å²) in [5, 5.41) is 23.2. The number of nitrogens with zero attached hydrogens (tertiary/aromatic N) is 1. The van der Waals surface area contributed by atoms with Crippen molar-refractivity contribution >= 4 is 29.3 Å². The van der Waals surface area contributed by atoms with Gasteiger partial charge in [-0.25, -0.2) is 9.59 Å². The van der Waals surface area contributed by atoms with E-state index >= 15 is 0 Å². The molecule has 0 aromatic heterocycles. The molecule has 2 aromatic carbocycles. The number of benzene rings is 2. The van der Waals surface area contributed by atoms with Crippen molar-refractivity contribution in [1.29, 1.82) is 0 Å². The number of esters is 1. The number of hydrogen-bond acceptors (Lipinski definition) is 9. The molecule has 0 radical (unpaired) electrons. The van der Waals surface area contributed by atoms with Crippen LogP contribution in [0.4, 0.5) is 0 Å². The highest BCUT2D eigenvalue weighted by Crippen LogP contribution is 2.14. The molecule has 0 bridgehead atoms. The number of carboxylic acids is 1. The number of amides is 1. The summed E-state index contributed by atoms with van der Waals surface area (Å²) in [4.78, 5) is 47.5. The normalized spacial score (nSPS) is 12.9. The van der Waals surface area contributed by atoms with E-state index in [1.165, 1.54) is 62.4 Å². The van der Waals surface area contributed by atoms with Gasteiger partial charge in [0.25, 0.3) is 5.91 Å². The second kappa shape index (κ2) is 11.4. The molecule has 0 aliphatic rings.